The van der Waals surface area contributed by atoms with Gasteiger partial charge in [0.1, 0.15) is 0 Å². The highest BCUT2D eigenvalue weighted by Gasteiger charge is 2.34. The van der Waals surface area contributed by atoms with Crippen molar-refractivity contribution in [3.63, 3.8) is 0 Å². The highest BCUT2D eigenvalue weighted by atomic mass is 16.7. The molecule has 1 atom stereocenters. The van der Waals surface area contributed by atoms with Gasteiger partial charge in [-0.15, -0.1) is 0 Å². The first-order chi connectivity index (χ1) is 11.2. The zero-order valence-corrected chi connectivity index (χ0v) is 13.7. The first-order valence-corrected chi connectivity index (χ1v) is 8.43. The van der Waals surface area contributed by atoms with Gasteiger partial charge in [0.2, 0.25) is 12.7 Å². The van der Waals surface area contributed by atoms with Crippen molar-refractivity contribution in [2.75, 3.05) is 26.5 Å². The molecule has 2 heterocycles. The van der Waals surface area contributed by atoms with Crippen LogP contribution in [0, 0.1) is 5.41 Å². The molecule has 2 aliphatic rings. The lowest BCUT2D eigenvalue weighted by Gasteiger charge is -2.41. The minimum atomic E-state index is -0.105. The van der Waals surface area contributed by atoms with Crippen LogP contribution in [0.2, 0.25) is 0 Å². The standard InChI is InChI=1S/C18H25NO4/c1-2-18(12-20)8-3-9-19(11-18)17(21)7-5-14-4-6-15-16(10-14)23-13-22-15/h4,6,10,20H,2-3,5,7-9,11-13H2,1H3/t18-/m1/s1. The molecule has 1 aromatic rings. The van der Waals surface area contributed by atoms with Crippen LogP contribution in [0.15, 0.2) is 18.2 Å². The van der Waals surface area contributed by atoms with Gasteiger partial charge < -0.3 is 19.5 Å². The van der Waals surface area contributed by atoms with Gasteiger partial charge in [-0.25, -0.2) is 0 Å². The number of carbonyl (C=O) groups excluding carboxylic acids is 1. The number of benzene rings is 1. The second-order valence-electron chi connectivity index (χ2n) is 6.62. The fourth-order valence-electron chi connectivity index (χ4n) is 3.46. The summed E-state index contributed by atoms with van der Waals surface area (Å²) in [6.45, 7) is 4.01. The number of ether oxygens (including phenoxy) is 2. The molecule has 1 amide bonds. The Morgan fingerprint density at radius 3 is 2.96 bits per heavy atom. The molecule has 0 radical (unpaired) electrons. The molecule has 0 unspecified atom stereocenters. The predicted octanol–water partition coefficient (Wildman–Crippen LogP) is 2.36. The van der Waals surface area contributed by atoms with E-state index in [9.17, 15) is 9.90 Å². The molecule has 5 heteroatoms. The van der Waals surface area contributed by atoms with Gasteiger partial charge in [-0.3, -0.25) is 4.79 Å². The number of carbonyl (C=O) groups is 1. The smallest absolute Gasteiger partial charge is 0.231 e. The first-order valence-electron chi connectivity index (χ1n) is 8.43. The summed E-state index contributed by atoms with van der Waals surface area (Å²) < 4.78 is 10.7. The Morgan fingerprint density at radius 1 is 1.35 bits per heavy atom. The van der Waals surface area contributed by atoms with Crippen molar-refractivity contribution in [3.05, 3.63) is 23.8 Å². The van der Waals surface area contributed by atoms with E-state index in [2.05, 4.69) is 6.92 Å². The van der Waals surface area contributed by atoms with E-state index < -0.39 is 0 Å². The van der Waals surface area contributed by atoms with Crippen LogP contribution in [-0.4, -0.2) is 42.4 Å². The first kappa shape index (κ1) is 16.1. The van der Waals surface area contributed by atoms with Crippen LogP contribution in [0.5, 0.6) is 11.5 Å². The molecular weight excluding hydrogens is 294 g/mol. The summed E-state index contributed by atoms with van der Waals surface area (Å²) in [7, 11) is 0. The van der Waals surface area contributed by atoms with Gasteiger partial charge in [-0.1, -0.05) is 13.0 Å². The van der Waals surface area contributed by atoms with Gasteiger partial charge in [0, 0.05) is 24.9 Å². The van der Waals surface area contributed by atoms with E-state index in [1.165, 1.54) is 0 Å². The molecule has 1 saturated heterocycles. The Kier molecular flexibility index (Phi) is 4.76. The number of amides is 1. The maximum absolute atomic E-state index is 12.5. The summed E-state index contributed by atoms with van der Waals surface area (Å²) in [5.74, 6) is 1.71. The molecule has 2 aliphatic heterocycles. The van der Waals surface area contributed by atoms with Crippen LogP contribution in [0.1, 0.15) is 38.2 Å². The van der Waals surface area contributed by atoms with E-state index in [1.807, 2.05) is 23.1 Å². The van der Waals surface area contributed by atoms with Gasteiger partial charge >= 0.3 is 0 Å². The molecule has 126 valence electrons. The van der Waals surface area contributed by atoms with Crippen LogP contribution in [0.25, 0.3) is 0 Å². The fourth-order valence-corrected chi connectivity index (χ4v) is 3.46. The SMILES string of the molecule is CC[C@@]1(CO)CCCN(C(=O)CCc2ccc3c(c2)OCO3)C1. The molecule has 0 saturated carbocycles. The number of hydrogen-bond acceptors (Lipinski definition) is 4. The summed E-state index contributed by atoms with van der Waals surface area (Å²) in [5.41, 5.74) is 0.982. The third-order valence-corrected chi connectivity index (χ3v) is 5.16. The maximum atomic E-state index is 12.5. The summed E-state index contributed by atoms with van der Waals surface area (Å²) in [6.07, 6.45) is 4.08. The lowest BCUT2D eigenvalue weighted by atomic mass is 9.78. The third-order valence-electron chi connectivity index (χ3n) is 5.16. The molecule has 1 fully saturated rings. The number of piperidine rings is 1. The Morgan fingerprint density at radius 2 is 2.17 bits per heavy atom. The second kappa shape index (κ2) is 6.79. The van der Waals surface area contributed by atoms with E-state index in [4.69, 9.17) is 9.47 Å². The zero-order valence-electron chi connectivity index (χ0n) is 13.7. The minimum Gasteiger partial charge on any atom is -0.454 e. The van der Waals surface area contributed by atoms with Crippen molar-refractivity contribution >= 4 is 5.91 Å². The predicted molar refractivity (Wildman–Crippen MR) is 86.5 cm³/mol. The number of aliphatic hydroxyl groups is 1. The van der Waals surface area contributed by atoms with Crippen LogP contribution in [-0.2, 0) is 11.2 Å². The van der Waals surface area contributed by atoms with Crippen molar-refractivity contribution in [3.8, 4) is 11.5 Å². The monoisotopic (exact) mass is 319 g/mol. The molecular formula is C18H25NO4. The van der Waals surface area contributed by atoms with Crippen molar-refractivity contribution < 1.29 is 19.4 Å². The molecule has 0 spiro atoms. The molecule has 0 aliphatic carbocycles. The number of fused-ring (bicyclic) bond motifs is 1. The Labute approximate surface area is 137 Å². The highest BCUT2D eigenvalue weighted by Crippen LogP contribution is 2.34. The fraction of sp³-hybridized carbons (Fsp3) is 0.611. The highest BCUT2D eigenvalue weighted by molar-refractivity contribution is 5.76. The third kappa shape index (κ3) is 3.44. The second-order valence-corrected chi connectivity index (χ2v) is 6.62. The average Bonchev–Trinajstić information content (AvgIpc) is 3.07. The average molecular weight is 319 g/mol. The molecule has 1 N–H and O–H groups in total. The molecule has 3 rings (SSSR count). The van der Waals surface area contributed by atoms with Crippen molar-refractivity contribution in [2.24, 2.45) is 5.41 Å². The van der Waals surface area contributed by atoms with Crippen molar-refractivity contribution in [2.45, 2.75) is 39.0 Å². The largest absolute Gasteiger partial charge is 0.454 e. The molecule has 0 bridgehead atoms. The minimum absolute atomic E-state index is 0.105. The van der Waals surface area contributed by atoms with Gasteiger partial charge in [-0.2, -0.15) is 0 Å². The van der Waals surface area contributed by atoms with E-state index in [0.29, 0.717) is 19.4 Å². The van der Waals surface area contributed by atoms with E-state index in [-0.39, 0.29) is 24.7 Å². The van der Waals surface area contributed by atoms with E-state index >= 15 is 0 Å². The molecule has 23 heavy (non-hydrogen) atoms. The Hall–Kier alpha value is -1.75. The van der Waals surface area contributed by atoms with Crippen LogP contribution < -0.4 is 9.47 Å². The topological polar surface area (TPSA) is 59.0 Å². The quantitative estimate of drug-likeness (QED) is 0.905. The maximum Gasteiger partial charge on any atom is 0.231 e. The van der Waals surface area contributed by atoms with Crippen LogP contribution in [0.3, 0.4) is 0 Å². The number of nitrogens with zero attached hydrogens (tertiary/aromatic N) is 1. The number of likely N-dealkylation sites (tertiary alicyclic amines) is 1. The number of rotatable bonds is 5. The molecule has 1 aromatic carbocycles. The van der Waals surface area contributed by atoms with Crippen LogP contribution >= 0.6 is 0 Å². The van der Waals surface area contributed by atoms with Crippen LogP contribution in [0.4, 0.5) is 0 Å². The van der Waals surface area contributed by atoms with Gasteiger partial charge in [-0.05, 0) is 43.4 Å². The Balaban J connectivity index is 1.57. The van der Waals surface area contributed by atoms with Crippen molar-refractivity contribution in [1.82, 2.24) is 4.90 Å². The lowest BCUT2D eigenvalue weighted by molar-refractivity contribution is -0.135. The number of aliphatic hydroxyl groups excluding tert-OH is 1. The van der Waals surface area contributed by atoms with Gasteiger partial charge in [0.25, 0.3) is 0 Å². The normalized spacial score (nSPS) is 23.1. The molecule has 5 nitrogen and oxygen atoms in total. The van der Waals surface area contributed by atoms with E-state index in [0.717, 1.165) is 42.9 Å². The summed E-state index contributed by atoms with van der Waals surface area (Å²) in [4.78, 5) is 14.4. The Bertz CT molecular complexity index is 568. The van der Waals surface area contributed by atoms with Crippen molar-refractivity contribution in [1.29, 1.82) is 0 Å². The zero-order chi connectivity index (χ0) is 16.3. The molecule has 0 aromatic heterocycles. The summed E-state index contributed by atoms with van der Waals surface area (Å²) in [5, 5.41) is 9.67. The van der Waals surface area contributed by atoms with E-state index in [1.54, 1.807) is 0 Å². The number of aryl methyl sites for hydroxylation is 1. The number of hydrogen-bond donors (Lipinski definition) is 1. The lowest BCUT2D eigenvalue weighted by Crippen LogP contribution is -2.47. The van der Waals surface area contributed by atoms with Gasteiger partial charge in [0.15, 0.2) is 11.5 Å². The van der Waals surface area contributed by atoms with Gasteiger partial charge in [0.05, 0.1) is 6.61 Å². The summed E-state index contributed by atoms with van der Waals surface area (Å²) >= 11 is 0. The summed E-state index contributed by atoms with van der Waals surface area (Å²) in [6, 6.07) is 5.84.